The minimum absolute atomic E-state index is 0.451. The molecule has 1 fully saturated rings. The highest BCUT2D eigenvalue weighted by atomic mass is 16.8. The summed E-state index contributed by atoms with van der Waals surface area (Å²) in [7, 11) is 0.569. The predicted molar refractivity (Wildman–Crippen MR) is 79.4 cm³/mol. The van der Waals surface area contributed by atoms with Crippen molar-refractivity contribution >= 4 is 20.4 Å². The van der Waals surface area contributed by atoms with Crippen LogP contribution in [0.5, 0.6) is 0 Å². The van der Waals surface area contributed by atoms with Crippen molar-refractivity contribution in [1.29, 1.82) is 0 Å². The van der Waals surface area contributed by atoms with Gasteiger partial charge in [0.15, 0.2) is 0 Å². The second-order valence-electron chi connectivity index (χ2n) is 6.98. The van der Waals surface area contributed by atoms with Gasteiger partial charge in [0.2, 0.25) is 5.79 Å². The van der Waals surface area contributed by atoms with Gasteiger partial charge in [-0.2, -0.15) is 0 Å². The molecule has 0 spiro atoms. The van der Waals surface area contributed by atoms with Crippen LogP contribution >= 0.6 is 0 Å². The summed E-state index contributed by atoms with van der Waals surface area (Å²) in [4.78, 5) is 11.2. The topological polar surface area (TPSA) is 74.2 Å². The van der Waals surface area contributed by atoms with E-state index in [9.17, 15) is 9.90 Å². The Kier molecular flexibility index (Phi) is 4.91. The molecule has 0 aliphatic carbocycles. The molecule has 1 unspecified atom stereocenters. The quantitative estimate of drug-likeness (QED) is 0.608. The summed E-state index contributed by atoms with van der Waals surface area (Å²) >= 11 is 0. The largest absolute Gasteiger partial charge is 0.442 e. The maximum absolute atomic E-state index is 11.2. The van der Waals surface area contributed by atoms with Crippen LogP contribution in [0.3, 0.4) is 0 Å². The van der Waals surface area contributed by atoms with Gasteiger partial charge in [0.25, 0.3) is 0 Å². The molecule has 1 atom stereocenters. The molecular weight excluding hydrogens is 274 g/mol. The molecule has 0 aromatic heterocycles. The lowest BCUT2D eigenvalue weighted by atomic mass is 9.55. The van der Waals surface area contributed by atoms with Crippen LogP contribution in [0.1, 0.15) is 55.4 Å². The van der Waals surface area contributed by atoms with Gasteiger partial charge in [-0.05, 0) is 41.5 Å². The maximum atomic E-state index is 11.2. The molecule has 119 valence electrons. The molecule has 8 heteroatoms. The molecule has 0 aromatic rings. The number of hydrogen-bond donors (Lipinski definition) is 1. The summed E-state index contributed by atoms with van der Waals surface area (Å²) < 4.78 is 22.2. The Morgan fingerprint density at radius 1 is 1.19 bits per heavy atom. The number of rotatable bonds is 5. The maximum Gasteiger partial charge on any atom is 0.442 e. The molecule has 1 radical (unpaired) electrons. The molecule has 1 saturated heterocycles. The zero-order valence-corrected chi connectivity index (χ0v) is 14.1. The van der Waals surface area contributed by atoms with E-state index < -0.39 is 35.6 Å². The molecule has 21 heavy (non-hydrogen) atoms. The first-order chi connectivity index (χ1) is 9.20. The Bertz CT molecular complexity index is 404. The van der Waals surface area contributed by atoms with Crippen LogP contribution in [0, 0.1) is 0 Å². The van der Waals surface area contributed by atoms with Gasteiger partial charge in [-0.15, -0.1) is 0 Å². The van der Waals surface area contributed by atoms with E-state index in [1.165, 1.54) is 14.3 Å². The Balaban J connectivity index is 2.71. The molecule has 1 N–H and O–H groups in total. The van der Waals surface area contributed by atoms with Crippen LogP contribution in [0.25, 0.3) is 0 Å². The van der Waals surface area contributed by atoms with Crippen molar-refractivity contribution < 1.29 is 28.6 Å². The highest BCUT2D eigenvalue weighted by Crippen LogP contribution is 2.38. The monoisotopic (exact) mass is 299 g/mol. The van der Waals surface area contributed by atoms with E-state index in [4.69, 9.17) is 18.7 Å². The van der Waals surface area contributed by atoms with Crippen LogP contribution in [0.15, 0.2) is 0 Å². The van der Waals surface area contributed by atoms with Crippen molar-refractivity contribution in [3.8, 4) is 0 Å². The fourth-order valence-corrected chi connectivity index (χ4v) is 1.63. The molecule has 1 aliphatic rings. The van der Waals surface area contributed by atoms with Crippen LogP contribution < -0.4 is 0 Å². The molecule has 0 bridgehead atoms. The standard InChI is InChI=1S/C13H25B2O6/c1-9(16)18-13(8)12(6,7)20-15(21-13)14-19-11(4,5)10(2,3)17/h17H,1-8H3. The third kappa shape index (κ3) is 4.00. The molecule has 1 heterocycles. The summed E-state index contributed by atoms with van der Waals surface area (Å²) in [5.41, 5.74) is -2.71. The number of esters is 1. The number of carbonyl (C=O) groups excluding carboxylic acids is 1. The molecule has 0 aromatic carbocycles. The van der Waals surface area contributed by atoms with Crippen LogP contribution in [0.2, 0.25) is 0 Å². The fraction of sp³-hybridized carbons (Fsp3) is 0.923. The SMILES string of the molecule is CC(=O)OC1(C)OB([B]OC(C)(C)C(C)(C)O)OC1(C)C. The smallest absolute Gasteiger partial charge is 0.435 e. The lowest BCUT2D eigenvalue weighted by Gasteiger charge is -2.37. The molecular formula is C13H25B2O6. The van der Waals surface area contributed by atoms with Gasteiger partial charge in [0.1, 0.15) is 5.60 Å². The highest BCUT2D eigenvalue weighted by Gasteiger charge is 2.57. The van der Waals surface area contributed by atoms with Crippen molar-refractivity contribution in [3.63, 3.8) is 0 Å². The fourth-order valence-electron chi connectivity index (χ4n) is 1.63. The minimum Gasteiger partial charge on any atom is -0.435 e. The van der Waals surface area contributed by atoms with E-state index in [1.807, 2.05) is 0 Å². The first kappa shape index (κ1) is 18.5. The number of hydrogen-bond acceptors (Lipinski definition) is 6. The average Bonchev–Trinajstić information content (AvgIpc) is 2.43. The Morgan fingerprint density at radius 2 is 1.71 bits per heavy atom. The van der Waals surface area contributed by atoms with E-state index in [2.05, 4.69) is 0 Å². The third-order valence-corrected chi connectivity index (χ3v) is 4.13. The summed E-state index contributed by atoms with van der Waals surface area (Å²) in [6, 6.07) is 0. The summed E-state index contributed by atoms with van der Waals surface area (Å²) in [6.45, 7) is 13.3. The lowest BCUT2D eigenvalue weighted by Crippen LogP contribution is -2.50. The highest BCUT2D eigenvalue weighted by molar-refractivity contribution is 7.03. The van der Waals surface area contributed by atoms with Crippen LogP contribution in [-0.2, 0) is 23.5 Å². The van der Waals surface area contributed by atoms with Gasteiger partial charge in [-0.25, -0.2) is 0 Å². The van der Waals surface area contributed by atoms with Crippen LogP contribution in [0.4, 0.5) is 0 Å². The molecule has 0 saturated carbocycles. The zero-order chi connectivity index (χ0) is 16.7. The van der Waals surface area contributed by atoms with Crippen LogP contribution in [-0.4, -0.2) is 48.0 Å². The zero-order valence-electron chi connectivity index (χ0n) is 14.1. The van der Waals surface area contributed by atoms with Gasteiger partial charge in [0, 0.05) is 13.8 Å². The first-order valence-corrected chi connectivity index (χ1v) is 6.99. The normalized spacial score (nSPS) is 25.9. The molecule has 1 aliphatic heterocycles. The Hall–Kier alpha value is -0.560. The van der Waals surface area contributed by atoms with Crippen molar-refractivity contribution in [1.82, 2.24) is 0 Å². The van der Waals surface area contributed by atoms with E-state index in [0.29, 0.717) is 0 Å². The lowest BCUT2D eigenvalue weighted by molar-refractivity contribution is -0.215. The van der Waals surface area contributed by atoms with Gasteiger partial charge >= 0.3 is 20.4 Å². The molecule has 0 amide bonds. The average molecular weight is 299 g/mol. The number of aliphatic hydroxyl groups is 1. The minimum atomic E-state index is -1.21. The number of carbonyl (C=O) groups is 1. The van der Waals surface area contributed by atoms with Crippen molar-refractivity contribution in [2.45, 2.75) is 78.0 Å². The van der Waals surface area contributed by atoms with E-state index >= 15 is 0 Å². The first-order valence-electron chi connectivity index (χ1n) is 6.99. The second kappa shape index (κ2) is 5.57. The van der Waals surface area contributed by atoms with E-state index in [-0.39, 0.29) is 0 Å². The van der Waals surface area contributed by atoms with Gasteiger partial charge in [0.05, 0.1) is 11.2 Å². The van der Waals surface area contributed by atoms with E-state index in [1.54, 1.807) is 48.5 Å². The van der Waals surface area contributed by atoms with Gasteiger partial charge in [-0.1, -0.05) is 0 Å². The predicted octanol–water partition coefficient (Wildman–Crippen LogP) is 1.26. The Morgan fingerprint density at radius 3 is 2.14 bits per heavy atom. The van der Waals surface area contributed by atoms with Crippen molar-refractivity contribution in [3.05, 3.63) is 0 Å². The second-order valence-corrected chi connectivity index (χ2v) is 6.98. The van der Waals surface area contributed by atoms with Crippen molar-refractivity contribution in [2.75, 3.05) is 0 Å². The number of ether oxygens (including phenoxy) is 1. The molecule has 1 rings (SSSR count). The summed E-state index contributed by atoms with van der Waals surface area (Å²) in [5.74, 6) is -1.66. The van der Waals surface area contributed by atoms with Gasteiger partial charge < -0.3 is 23.8 Å². The third-order valence-electron chi connectivity index (χ3n) is 4.13. The van der Waals surface area contributed by atoms with Crippen molar-refractivity contribution in [2.24, 2.45) is 0 Å². The summed E-state index contributed by atoms with van der Waals surface area (Å²) in [6.07, 6.45) is 0. The Labute approximate surface area is 127 Å². The van der Waals surface area contributed by atoms with E-state index in [0.717, 1.165) is 0 Å². The molecule has 6 nitrogen and oxygen atoms in total. The van der Waals surface area contributed by atoms with Gasteiger partial charge in [-0.3, -0.25) is 4.79 Å². The summed E-state index contributed by atoms with van der Waals surface area (Å²) in [5, 5.41) is 10.0.